The van der Waals surface area contributed by atoms with Gasteiger partial charge in [0, 0.05) is 50.8 Å². The number of methoxy groups -OCH3 is 1. The largest absolute Gasteiger partial charge is 0.383 e. The van der Waals surface area contributed by atoms with E-state index in [0.29, 0.717) is 19.7 Å². The molecule has 1 fully saturated rings. The van der Waals surface area contributed by atoms with E-state index >= 15 is 0 Å². The number of carbonyl (C=O) groups is 1. The summed E-state index contributed by atoms with van der Waals surface area (Å²) in [7, 11) is 1.68. The number of carbonyl (C=O) groups excluding carboxylic acids is 1. The Balaban J connectivity index is 2.02. The first kappa shape index (κ1) is 24.3. The second kappa shape index (κ2) is 10.5. The fourth-order valence-corrected chi connectivity index (χ4v) is 4.20. The van der Waals surface area contributed by atoms with Crippen molar-refractivity contribution >= 4 is 11.7 Å². The van der Waals surface area contributed by atoms with Gasteiger partial charge in [0.25, 0.3) is 0 Å². The summed E-state index contributed by atoms with van der Waals surface area (Å²) in [5.41, 5.74) is 2.67. The number of benzene rings is 1. The van der Waals surface area contributed by atoms with E-state index in [9.17, 15) is 4.79 Å². The Labute approximate surface area is 192 Å². The van der Waals surface area contributed by atoms with E-state index in [1.165, 1.54) is 0 Å². The van der Waals surface area contributed by atoms with Crippen LogP contribution < -0.4 is 4.90 Å². The van der Waals surface area contributed by atoms with Gasteiger partial charge in [-0.2, -0.15) is 5.10 Å². The van der Waals surface area contributed by atoms with Gasteiger partial charge in [0.2, 0.25) is 5.91 Å². The molecule has 32 heavy (non-hydrogen) atoms. The topological polar surface area (TPSA) is 53.8 Å². The van der Waals surface area contributed by atoms with Gasteiger partial charge in [0.05, 0.1) is 24.5 Å². The highest BCUT2D eigenvalue weighted by Gasteiger charge is 2.31. The average molecular weight is 442 g/mol. The Bertz CT molecular complexity index is 880. The van der Waals surface area contributed by atoms with Crippen molar-refractivity contribution in [2.24, 2.45) is 5.41 Å². The molecule has 1 aliphatic heterocycles. The fourth-order valence-electron chi connectivity index (χ4n) is 4.20. The third-order valence-corrected chi connectivity index (χ3v) is 6.12. The van der Waals surface area contributed by atoms with Gasteiger partial charge in [-0.3, -0.25) is 4.79 Å². The molecule has 0 aliphatic carbocycles. The molecular formula is C25H39N5O2. The smallest absolute Gasteiger partial charge is 0.228 e. The molecule has 1 saturated heterocycles. The van der Waals surface area contributed by atoms with Crippen LogP contribution in [0.2, 0.25) is 0 Å². The van der Waals surface area contributed by atoms with Gasteiger partial charge in [-0.05, 0) is 25.6 Å². The first-order valence-electron chi connectivity index (χ1n) is 11.7. The highest BCUT2D eigenvalue weighted by molar-refractivity contribution is 5.81. The minimum Gasteiger partial charge on any atom is -0.383 e. The monoisotopic (exact) mass is 441 g/mol. The number of amides is 1. The predicted octanol–water partition coefficient (Wildman–Crippen LogP) is 3.34. The molecule has 7 nitrogen and oxygen atoms in total. The molecule has 0 atom stereocenters. The van der Waals surface area contributed by atoms with Crippen molar-refractivity contribution in [1.82, 2.24) is 19.6 Å². The van der Waals surface area contributed by atoms with Crippen LogP contribution in [0, 0.1) is 12.3 Å². The van der Waals surface area contributed by atoms with Crippen LogP contribution in [-0.2, 0) is 16.1 Å². The first-order valence-corrected chi connectivity index (χ1v) is 11.7. The Morgan fingerprint density at radius 2 is 1.78 bits per heavy atom. The van der Waals surface area contributed by atoms with Crippen molar-refractivity contribution < 1.29 is 9.53 Å². The predicted molar refractivity (Wildman–Crippen MR) is 129 cm³/mol. The molecule has 1 aromatic carbocycles. The maximum Gasteiger partial charge on any atom is 0.228 e. The molecule has 0 bridgehead atoms. The number of nitrogens with zero attached hydrogens (tertiary/aromatic N) is 5. The van der Waals surface area contributed by atoms with Crippen LogP contribution in [0.25, 0.3) is 5.69 Å². The van der Waals surface area contributed by atoms with Gasteiger partial charge in [-0.15, -0.1) is 0 Å². The molecule has 0 spiro atoms. The third-order valence-electron chi connectivity index (χ3n) is 6.12. The summed E-state index contributed by atoms with van der Waals surface area (Å²) >= 11 is 0. The van der Waals surface area contributed by atoms with Crippen LogP contribution in [0.1, 0.15) is 39.0 Å². The quantitative estimate of drug-likeness (QED) is 0.629. The van der Waals surface area contributed by atoms with Gasteiger partial charge >= 0.3 is 0 Å². The number of rotatable bonds is 8. The lowest BCUT2D eigenvalue weighted by atomic mass is 9.94. The fraction of sp³-hybridized carbons (Fsp3) is 0.600. The van der Waals surface area contributed by atoms with Gasteiger partial charge in [-0.25, -0.2) is 4.68 Å². The Hall–Kier alpha value is -2.38. The summed E-state index contributed by atoms with van der Waals surface area (Å²) < 4.78 is 7.38. The minimum absolute atomic E-state index is 0.128. The summed E-state index contributed by atoms with van der Waals surface area (Å²) in [6.07, 6.45) is 0. The van der Waals surface area contributed by atoms with Crippen molar-refractivity contribution in [2.75, 3.05) is 57.9 Å². The van der Waals surface area contributed by atoms with Crippen LogP contribution in [0.3, 0.4) is 0 Å². The van der Waals surface area contributed by atoms with Crippen LogP contribution in [0.5, 0.6) is 0 Å². The third kappa shape index (κ3) is 5.51. The normalized spacial score (nSPS) is 15.2. The van der Waals surface area contributed by atoms with Crippen molar-refractivity contribution in [3.05, 3.63) is 41.6 Å². The van der Waals surface area contributed by atoms with E-state index in [2.05, 4.69) is 40.5 Å². The lowest BCUT2D eigenvalue weighted by molar-refractivity contribution is -0.140. The number of likely N-dealkylation sites (N-methyl/N-ethyl adjacent to an activating group) is 1. The molecule has 2 heterocycles. The van der Waals surface area contributed by atoms with E-state index in [-0.39, 0.29) is 5.91 Å². The minimum atomic E-state index is -0.454. The Kier molecular flexibility index (Phi) is 7.96. The molecule has 2 aromatic rings. The molecule has 1 amide bonds. The standard InChI is InChI=1S/C25H39N5O2/c1-7-27-13-15-28(16-14-27)23-22(19-29(17-18-32-6)24(31)25(3,4)5)20(2)26-30(23)21-11-9-8-10-12-21/h8-12H,7,13-19H2,1-6H3. The molecule has 7 heteroatoms. The van der Waals surface area contributed by atoms with Crippen molar-refractivity contribution in [1.29, 1.82) is 0 Å². The molecule has 176 valence electrons. The Morgan fingerprint density at radius 1 is 1.12 bits per heavy atom. The van der Waals surface area contributed by atoms with Gasteiger partial charge in [-0.1, -0.05) is 45.9 Å². The van der Waals surface area contributed by atoms with Crippen molar-refractivity contribution in [3.63, 3.8) is 0 Å². The number of aryl methyl sites for hydroxylation is 1. The second-order valence-electron chi connectivity index (χ2n) is 9.53. The molecule has 0 radical (unpaired) electrons. The summed E-state index contributed by atoms with van der Waals surface area (Å²) in [6, 6.07) is 10.3. The molecular weight excluding hydrogens is 402 g/mol. The molecule has 3 rings (SSSR count). The number of ether oxygens (including phenoxy) is 1. The van der Waals surface area contributed by atoms with E-state index in [0.717, 1.165) is 55.5 Å². The number of piperazine rings is 1. The van der Waals surface area contributed by atoms with Crippen LogP contribution in [-0.4, -0.2) is 78.5 Å². The van der Waals surface area contributed by atoms with Crippen LogP contribution in [0.15, 0.2) is 30.3 Å². The number of para-hydroxylation sites is 1. The van der Waals surface area contributed by atoms with Crippen LogP contribution >= 0.6 is 0 Å². The number of anilines is 1. The maximum absolute atomic E-state index is 13.3. The molecule has 0 saturated carbocycles. The molecule has 0 unspecified atom stereocenters. The number of hydrogen-bond acceptors (Lipinski definition) is 5. The zero-order valence-electron chi connectivity index (χ0n) is 20.6. The summed E-state index contributed by atoms with van der Waals surface area (Å²) in [4.78, 5) is 20.1. The van der Waals surface area contributed by atoms with E-state index < -0.39 is 5.41 Å². The zero-order chi connectivity index (χ0) is 23.3. The van der Waals surface area contributed by atoms with Crippen LogP contribution in [0.4, 0.5) is 5.82 Å². The van der Waals surface area contributed by atoms with Gasteiger partial charge in [0.15, 0.2) is 0 Å². The average Bonchev–Trinajstić information content (AvgIpc) is 3.12. The van der Waals surface area contributed by atoms with Gasteiger partial charge in [0.1, 0.15) is 5.82 Å². The zero-order valence-corrected chi connectivity index (χ0v) is 20.6. The lowest BCUT2D eigenvalue weighted by Crippen LogP contribution is -2.47. The molecule has 0 N–H and O–H groups in total. The van der Waals surface area contributed by atoms with E-state index in [1.54, 1.807) is 7.11 Å². The van der Waals surface area contributed by atoms with Gasteiger partial charge < -0.3 is 19.4 Å². The SMILES string of the molecule is CCN1CCN(c2c(CN(CCOC)C(=O)C(C)(C)C)c(C)nn2-c2ccccc2)CC1. The Morgan fingerprint density at radius 3 is 2.34 bits per heavy atom. The second-order valence-corrected chi connectivity index (χ2v) is 9.53. The summed E-state index contributed by atoms with van der Waals surface area (Å²) in [5, 5.41) is 4.94. The highest BCUT2D eigenvalue weighted by atomic mass is 16.5. The van der Waals surface area contributed by atoms with Crippen molar-refractivity contribution in [2.45, 2.75) is 41.2 Å². The highest BCUT2D eigenvalue weighted by Crippen LogP contribution is 2.31. The lowest BCUT2D eigenvalue weighted by Gasteiger charge is -2.37. The summed E-state index contributed by atoms with van der Waals surface area (Å²) in [5.74, 6) is 1.23. The van der Waals surface area contributed by atoms with E-state index in [4.69, 9.17) is 9.84 Å². The number of aromatic nitrogens is 2. The molecule has 1 aliphatic rings. The number of hydrogen-bond donors (Lipinski definition) is 0. The maximum atomic E-state index is 13.3. The van der Waals surface area contributed by atoms with E-state index in [1.807, 2.05) is 43.9 Å². The van der Waals surface area contributed by atoms with Crippen molar-refractivity contribution in [3.8, 4) is 5.69 Å². The molecule has 1 aromatic heterocycles. The summed E-state index contributed by atoms with van der Waals surface area (Å²) in [6.45, 7) is 16.8. The first-order chi connectivity index (χ1) is 15.3.